The van der Waals surface area contributed by atoms with Crippen molar-refractivity contribution in [2.75, 3.05) is 18.7 Å². The largest absolute Gasteiger partial charge is 0.453 e. The SMILES string of the molecule is Cn1nccc1-c1cc(F)c(NC(=O)[C@H]2C[C@H](F)CN2Cc2nccc3c2OCO3)cc1F. The second-order valence-electron chi connectivity index (χ2n) is 7.91. The van der Waals surface area contributed by atoms with Crippen molar-refractivity contribution in [2.45, 2.75) is 25.2 Å². The fraction of sp³-hybridized carbons (Fsp3) is 0.318. The molecule has 0 aliphatic carbocycles. The molecule has 0 bridgehead atoms. The van der Waals surface area contributed by atoms with Gasteiger partial charge in [0.1, 0.15) is 23.5 Å². The van der Waals surface area contributed by atoms with Gasteiger partial charge < -0.3 is 14.8 Å². The number of carbonyl (C=O) groups excluding carboxylic acids is 1. The molecule has 1 saturated heterocycles. The number of aryl methyl sites for hydroxylation is 1. The van der Waals surface area contributed by atoms with Crippen molar-refractivity contribution in [1.82, 2.24) is 19.7 Å². The fourth-order valence-electron chi connectivity index (χ4n) is 4.18. The smallest absolute Gasteiger partial charge is 0.241 e. The lowest BCUT2D eigenvalue weighted by Crippen LogP contribution is -2.39. The molecule has 0 saturated carbocycles. The van der Waals surface area contributed by atoms with Gasteiger partial charge in [0.25, 0.3) is 0 Å². The van der Waals surface area contributed by atoms with Gasteiger partial charge in [-0.25, -0.2) is 13.2 Å². The zero-order valence-electron chi connectivity index (χ0n) is 17.6. The highest BCUT2D eigenvalue weighted by molar-refractivity contribution is 5.95. The van der Waals surface area contributed by atoms with Gasteiger partial charge in [-0.1, -0.05) is 0 Å². The van der Waals surface area contributed by atoms with Gasteiger partial charge in [-0.3, -0.25) is 19.4 Å². The molecular formula is C22H20F3N5O3. The van der Waals surface area contributed by atoms with E-state index in [1.54, 1.807) is 30.3 Å². The molecule has 0 radical (unpaired) electrons. The highest BCUT2D eigenvalue weighted by Crippen LogP contribution is 2.36. The number of aromatic nitrogens is 3. The van der Waals surface area contributed by atoms with Crippen LogP contribution in [0.1, 0.15) is 12.1 Å². The molecule has 5 rings (SSSR count). The second-order valence-corrected chi connectivity index (χ2v) is 7.91. The number of rotatable bonds is 5. The number of hydrogen-bond acceptors (Lipinski definition) is 6. The van der Waals surface area contributed by atoms with E-state index >= 15 is 0 Å². The first kappa shape index (κ1) is 21.3. The lowest BCUT2D eigenvalue weighted by atomic mass is 10.1. The first-order valence-electron chi connectivity index (χ1n) is 10.3. The lowest BCUT2D eigenvalue weighted by molar-refractivity contribution is -0.120. The van der Waals surface area contributed by atoms with Gasteiger partial charge in [-0.05, 0) is 12.1 Å². The van der Waals surface area contributed by atoms with E-state index in [0.29, 0.717) is 22.9 Å². The molecule has 2 atom stereocenters. The van der Waals surface area contributed by atoms with Gasteiger partial charge in [0.2, 0.25) is 12.7 Å². The molecule has 1 aromatic carbocycles. The van der Waals surface area contributed by atoms with Gasteiger partial charge in [0.15, 0.2) is 11.5 Å². The van der Waals surface area contributed by atoms with E-state index in [2.05, 4.69) is 15.4 Å². The predicted octanol–water partition coefficient (Wildman–Crippen LogP) is 3.04. The Labute approximate surface area is 186 Å². The zero-order chi connectivity index (χ0) is 23.1. The number of hydrogen-bond donors (Lipinski definition) is 1. The van der Waals surface area contributed by atoms with E-state index in [-0.39, 0.29) is 37.6 Å². The molecule has 172 valence electrons. The van der Waals surface area contributed by atoms with Crippen LogP contribution in [0, 0.1) is 11.6 Å². The summed E-state index contributed by atoms with van der Waals surface area (Å²) in [5.74, 6) is -1.18. The number of ether oxygens (including phenoxy) is 2. The Morgan fingerprint density at radius 3 is 2.85 bits per heavy atom. The number of likely N-dealkylation sites (tertiary alicyclic amines) is 1. The van der Waals surface area contributed by atoms with Gasteiger partial charge in [0, 0.05) is 56.6 Å². The number of alkyl halides is 1. The fourth-order valence-corrected chi connectivity index (χ4v) is 4.18. The number of fused-ring (bicyclic) bond motifs is 1. The van der Waals surface area contributed by atoms with Crippen molar-refractivity contribution >= 4 is 11.6 Å². The molecular weight excluding hydrogens is 439 g/mol. The summed E-state index contributed by atoms with van der Waals surface area (Å²) >= 11 is 0. The normalized spacial score (nSPS) is 19.8. The summed E-state index contributed by atoms with van der Waals surface area (Å²) in [5, 5.41) is 6.36. The van der Waals surface area contributed by atoms with E-state index in [4.69, 9.17) is 9.47 Å². The van der Waals surface area contributed by atoms with E-state index in [9.17, 15) is 18.0 Å². The number of amides is 1. The molecule has 0 spiro atoms. The molecule has 1 N–H and O–H groups in total. The van der Waals surface area contributed by atoms with Crippen molar-refractivity contribution in [2.24, 2.45) is 7.05 Å². The van der Waals surface area contributed by atoms with Crippen molar-refractivity contribution < 1.29 is 27.4 Å². The van der Waals surface area contributed by atoms with Crippen LogP contribution in [0.5, 0.6) is 11.5 Å². The summed E-state index contributed by atoms with van der Waals surface area (Å²) in [4.78, 5) is 18.8. The molecule has 1 amide bonds. The van der Waals surface area contributed by atoms with Crippen LogP contribution in [0.3, 0.4) is 0 Å². The number of carbonyl (C=O) groups is 1. The quantitative estimate of drug-likeness (QED) is 0.632. The molecule has 2 aromatic heterocycles. The lowest BCUT2D eigenvalue weighted by Gasteiger charge is -2.23. The average Bonchev–Trinajstić information content (AvgIpc) is 3.51. The number of nitrogens with zero attached hydrogens (tertiary/aromatic N) is 4. The van der Waals surface area contributed by atoms with Gasteiger partial charge in [-0.15, -0.1) is 0 Å². The topological polar surface area (TPSA) is 81.5 Å². The van der Waals surface area contributed by atoms with Crippen LogP contribution in [0.25, 0.3) is 11.3 Å². The van der Waals surface area contributed by atoms with Crippen LogP contribution in [0.4, 0.5) is 18.9 Å². The Morgan fingerprint density at radius 1 is 1.21 bits per heavy atom. The highest BCUT2D eigenvalue weighted by atomic mass is 19.1. The number of pyridine rings is 1. The third kappa shape index (κ3) is 3.99. The third-order valence-electron chi connectivity index (χ3n) is 5.78. The molecule has 3 aromatic rings. The molecule has 33 heavy (non-hydrogen) atoms. The summed E-state index contributed by atoms with van der Waals surface area (Å²) in [6.45, 7) is 0.200. The van der Waals surface area contributed by atoms with Crippen molar-refractivity contribution in [3.63, 3.8) is 0 Å². The Balaban J connectivity index is 1.35. The highest BCUT2D eigenvalue weighted by Gasteiger charge is 2.38. The minimum Gasteiger partial charge on any atom is -0.453 e. The average molecular weight is 459 g/mol. The van der Waals surface area contributed by atoms with Crippen molar-refractivity contribution in [3.8, 4) is 22.8 Å². The monoisotopic (exact) mass is 459 g/mol. The number of benzene rings is 1. The van der Waals surface area contributed by atoms with Crippen LogP contribution in [-0.4, -0.2) is 51.1 Å². The Kier molecular flexibility index (Phi) is 5.41. The molecule has 11 heteroatoms. The minimum atomic E-state index is -1.25. The van der Waals surface area contributed by atoms with Crippen LogP contribution in [0.15, 0.2) is 36.7 Å². The summed E-state index contributed by atoms with van der Waals surface area (Å²) in [6.07, 6.45) is 1.69. The Hall–Kier alpha value is -3.60. The maximum absolute atomic E-state index is 14.7. The van der Waals surface area contributed by atoms with Crippen molar-refractivity contribution in [3.05, 3.63) is 54.0 Å². The first-order chi connectivity index (χ1) is 15.9. The summed E-state index contributed by atoms with van der Waals surface area (Å²) in [7, 11) is 1.61. The Morgan fingerprint density at radius 2 is 2.06 bits per heavy atom. The summed E-state index contributed by atoms with van der Waals surface area (Å²) < 4.78 is 55.9. The van der Waals surface area contributed by atoms with E-state index in [1.807, 2.05) is 0 Å². The zero-order valence-corrected chi connectivity index (χ0v) is 17.6. The molecule has 0 unspecified atom stereocenters. The summed E-state index contributed by atoms with van der Waals surface area (Å²) in [5.41, 5.74) is 0.597. The van der Waals surface area contributed by atoms with Crippen LogP contribution in [0.2, 0.25) is 0 Å². The van der Waals surface area contributed by atoms with E-state index in [0.717, 1.165) is 12.1 Å². The predicted molar refractivity (Wildman–Crippen MR) is 111 cm³/mol. The molecule has 2 aliphatic rings. The molecule has 8 nitrogen and oxygen atoms in total. The van der Waals surface area contributed by atoms with Crippen LogP contribution < -0.4 is 14.8 Å². The number of anilines is 1. The Bertz CT molecular complexity index is 1220. The molecule has 1 fully saturated rings. The second kappa shape index (κ2) is 8.39. The maximum Gasteiger partial charge on any atom is 0.241 e. The molecule has 2 aliphatic heterocycles. The minimum absolute atomic E-state index is 0.000557. The van der Waals surface area contributed by atoms with Gasteiger partial charge in [-0.2, -0.15) is 5.10 Å². The molecule has 4 heterocycles. The van der Waals surface area contributed by atoms with E-state index in [1.165, 1.54) is 10.9 Å². The maximum atomic E-state index is 14.7. The van der Waals surface area contributed by atoms with Crippen LogP contribution in [-0.2, 0) is 18.4 Å². The van der Waals surface area contributed by atoms with E-state index < -0.39 is 29.8 Å². The third-order valence-corrected chi connectivity index (χ3v) is 5.78. The van der Waals surface area contributed by atoms with Gasteiger partial charge in [0.05, 0.1) is 17.4 Å². The summed E-state index contributed by atoms with van der Waals surface area (Å²) in [6, 6.07) is 4.24. The van der Waals surface area contributed by atoms with Crippen LogP contribution >= 0.6 is 0 Å². The first-order valence-corrected chi connectivity index (χ1v) is 10.3. The number of nitrogens with one attached hydrogen (secondary N) is 1. The van der Waals surface area contributed by atoms with Gasteiger partial charge >= 0.3 is 0 Å². The standard InChI is InChI=1S/C22H20F3N5O3/c1-29-18(2-5-27-29)13-7-15(25)16(8-14(13)24)28-22(31)19-6-12(23)9-30(19)10-17-21-20(3-4-26-17)32-11-33-21/h2-5,7-8,12,19H,6,9-11H2,1H3,(H,28,31)/t12-,19+/m0/s1. The van der Waals surface area contributed by atoms with Crippen molar-refractivity contribution in [1.29, 1.82) is 0 Å². The number of halogens is 3.